The second kappa shape index (κ2) is 6.75. The number of aryl methyl sites for hydroxylation is 1. The van der Waals surface area contributed by atoms with Gasteiger partial charge in [0, 0.05) is 44.3 Å². The number of para-hydroxylation sites is 1. The van der Waals surface area contributed by atoms with Crippen molar-refractivity contribution in [1.29, 1.82) is 0 Å². The standard InChI is InChI=1S/C20H29N3O/c21-18-4-2-1-3-16(18)7-8-20(24)23-11-9-22(10-12-23)19-14-15-5-6-17(19)13-15/h1-4,15,17,19H,5-14,21H2. The van der Waals surface area contributed by atoms with Gasteiger partial charge in [-0.2, -0.15) is 0 Å². The van der Waals surface area contributed by atoms with E-state index in [0.29, 0.717) is 6.42 Å². The average molecular weight is 327 g/mol. The Morgan fingerprint density at radius 3 is 2.54 bits per heavy atom. The molecule has 0 spiro atoms. The molecule has 2 bridgehead atoms. The number of rotatable bonds is 4. The smallest absolute Gasteiger partial charge is 0.222 e. The van der Waals surface area contributed by atoms with Gasteiger partial charge in [-0.3, -0.25) is 9.69 Å². The number of amides is 1. The lowest BCUT2D eigenvalue weighted by Gasteiger charge is -2.41. The van der Waals surface area contributed by atoms with E-state index in [1.165, 1.54) is 25.7 Å². The van der Waals surface area contributed by atoms with Crippen LogP contribution >= 0.6 is 0 Å². The van der Waals surface area contributed by atoms with Crippen LogP contribution in [0.2, 0.25) is 0 Å². The average Bonchev–Trinajstić information content (AvgIpc) is 3.24. The van der Waals surface area contributed by atoms with Crippen molar-refractivity contribution in [3.8, 4) is 0 Å². The van der Waals surface area contributed by atoms with Gasteiger partial charge in [-0.1, -0.05) is 24.6 Å². The molecule has 4 rings (SSSR count). The molecule has 4 heteroatoms. The van der Waals surface area contributed by atoms with Crippen molar-refractivity contribution < 1.29 is 4.79 Å². The molecule has 2 N–H and O–H groups in total. The lowest BCUT2D eigenvalue weighted by Crippen LogP contribution is -2.53. The van der Waals surface area contributed by atoms with Gasteiger partial charge in [0.2, 0.25) is 5.91 Å². The van der Waals surface area contributed by atoms with Crippen LogP contribution in [0.25, 0.3) is 0 Å². The summed E-state index contributed by atoms with van der Waals surface area (Å²) in [6, 6.07) is 8.67. The van der Waals surface area contributed by atoms with Gasteiger partial charge in [0.1, 0.15) is 0 Å². The summed E-state index contributed by atoms with van der Waals surface area (Å²) >= 11 is 0. The zero-order valence-corrected chi connectivity index (χ0v) is 14.5. The predicted octanol–water partition coefficient (Wildman–Crippen LogP) is 2.53. The molecule has 1 saturated heterocycles. The van der Waals surface area contributed by atoms with Crippen LogP contribution in [0.5, 0.6) is 0 Å². The molecule has 0 radical (unpaired) electrons. The Hall–Kier alpha value is -1.55. The van der Waals surface area contributed by atoms with Gasteiger partial charge in [-0.15, -0.1) is 0 Å². The summed E-state index contributed by atoms with van der Waals surface area (Å²) in [6.07, 6.45) is 7.09. The number of nitrogen functional groups attached to an aromatic ring is 1. The van der Waals surface area contributed by atoms with E-state index in [4.69, 9.17) is 5.73 Å². The van der Waals surface area contributed by atoms with Crippen molar-refractivity contribution >= 4 is 11.6 Å². The van der Waals surface area contributed by atoms with Crippen LogP contribution in [0.3, 0.4) is 0 Å². The van der Waals surface area contributed by atoms with Crippen LogP contribution in [0.4, 0.5) is 5.69 Å². The number of piperazine rings is 1. The first-order valence-corrected chi connectivity index (χ1v) is 9.56. The number of carbonyl (C=O) groups is 1. The number of hydrogen-bond donors (Lipinski definition) is 1. The number of nitrogens with zero attached hydrogens (tertiary/aromatic N) is 2. The fourth-order valence-corrected chi connectivity index (χ4v) is 5.12. The highest BCUT2D eigenvalue weighted by Crippen LogP contribution is 2.46. The van der Waals surface area contributed by atoms with Gasteiger partial charge in [0.15, 0.2) is 0 Å². The van der Waals surface area contributed by atoms with Gasteiger partial charge in [0.25, 0.3) is 0 Å². The summed E-state index contributed by atoms with van der Waals surface area (Å²) in [6.45, 7) is 3.92. The molecule has 3 unspecified atom stereocenters. The van der Waals surface area contributed by atoms with Crippen LogP contribution < -0.4 is 5.73 Å². The van der Waals surface area contributed by atoms with Crippen LogP contribution in [0.15, 0.2) is 24.3 Å². The Labute approximate surface area is 145 Å². The van der Waals surface area contributed by atoms with E-state index in [1.54, 1.807) is 0 Å². The molecule has 0 aromatic heterocycles. The molecule has 1 aromatic rings. The molecule has 4 nitrogen and oxygen atoms in total. The SMILES string of the molecule is Nc1ccccc1CCC(=O)N1CCN(C2CC3CCC2C3)CC1. The molecule has 1 aliphatic heterocycles. The number of carbonyl (C=O) groups excluding carboxylic acids is 1. The zero-order chi connectivity index (χ0) is 16.5. The highest BCUT2D eigenvalue weighted by Gasteiger charge is 2.42. The van der Waals surface area contributed by atoms with Crippen molar-refractivity contribution in [2.75, 3.05) is 31.9 Å². The third-order valence-corrected chi connectivity index (χ3v) is 6.50. The summed E-state index contributed by atoms with van der Waals surface area (Å²) in [5.41, 5.74) is 7.86. The third kappa shape index (κ3) is 3.16. The Bertz CT molecular complexity index is 594. The first-order valence-electron chi connectivity index (χ1n) is 9.56. The first kappa shape index (κ1) is 15.9. The first-order chi connectivity index (χ1) is 11.7. The van der Waals surface area contributed by atoms with E-state index < -0.39 is 0 Å². The largest absolute Gasteiger partial charge is 0.399 e. The molecule has 3 fully saturated rings. The molecular weight excluding hydrogens is 298 g/mol. The molecule has 3 aliphatic rings. The fourth-order valence-electron chi connectivity index (χ4n) is 5.12. The summed E-state index contributed by atoms with van der Waals surface area (Å²) in [5.74, 6) is 2.22. The maximum atomic E-state index is 12.5. The van der Waals surface area contributed by atoms with E-state index >= 15 is 0 Å². The number of fused-ring (bicyclic) bond motifs is 2. The third-order valence-electron chi connectivity index (χ3n) is 6.50. The highest BCUT2D eigenvalue weighted by molar-refractivity contribution is 5.76. The van der Waals surface area contributed by atoms with Crippen LogP contribution in [0.1, 0.15) is 37.7 Å². The van der Waals surface area contributed by atoms with E-state index in [1.807, 2.05) is 24.3 Å². The maximum absolute atomic E-state index is 12.5. The zero-order valence-electron chi connectivity index (χ0n) is 14.5. The van der Waals surface area contributed by atoms with Crippen molar-refractivity contribution in [2.24, 2.45) is 11.8 Å². The minimum Gasteiger partial charge on any atom is -0.399 e. The quantitative estimate of drug-likeness (QED) is 0.865. The van der Waals surface area contributed by atoms with Gasteiger partial charge in [0.05, 0.1) is 0 Å². The summed E-state index contributed by atoms with van der Waals surface area (Å²) in [5, 5.41) is 0. The monoisotopic (exact) mass is 327 g/mol. The maximum Gasteiger partial charge on any atom is 0.222 e. The predicted molar refractivity (Wildman–Crippen MR) is 96.6 cm³/mol. The van der Waals surface area contributed by atoms with Gasteiger partial charge in [-0.05, 0) is 49.1 Å². The second-order valence-electron chi connectivity index (χ2n) is 7.86. The fraction of sp³-hybridized carbons (Fsp3) is 0.650. The molecule has 1 aromatic carbocycles. The van der Waals surface area contributed by atoms with Crippen LogP contribution in [-0.2, 0) is 11.2 Å². The molecule has 130 valence electrons. The second-order valence-corrected chi connectivity index (χ2v) is 7.86. The Morgan fingerprint density at radius 1 is 1.08 bits per heavy atom. The Morgan fingerprint density at radius 2 is 1.88 bits per heavy atom. The molecule has 1 heterocycles. The lowest BCUT2D eigenvalue weighted by atomic mass is 9.93. The number of nitrogens with two attached hydrogens (primary N) is 1. The van der Waals surface area contributed by atoms with Gasteiger partial charge < -0.3 is 10.6 Å². The highest BCUT2D eigenvalue weighted by atomic mass is 16.2. The van der Waals surface area contributed by atoms with Crippen molar-refractivity contribution in [1.82, 2.24) is 9.80 Å². The number of hydrogen-bond acceptors (Lipinski definition) is 3. The summed E-state index contributed by atoms with van der Waals surface area (Å²) in [4.78, 5) is 17.2. The minimum atomic E-state index is 0.283. The van der Waals surface area contributed by atoms with Crippen molar-refractivity contribution in [2.45, 2.75) is 44.6 Å². The molecule has 24 heavy (non-hydrogen) atoms. The van der Waals surface area contributed by atoms with Crippen LogP contribution in [-0.4, -0.2) is 47.9 Å². The minimum absolute atomic E-state index is 0.283. The van der Waals surface area contributed by atoms with E-state index in [9.17, 15) is 4.79 Å². The molecule has 1 amide bonds. The number of anilines is 1. The Kier molecular flexibility index (Phi) is 4.49. The molecule has 2 aliphatic carbocycles. The topological polar surface area (TPSA) is 49.6 Å². The van der Waals surface area contributed by atoms with E-state index in [-0.39, 0.29) is 5.91 Å². The summed E-state index contributed by atoms with van der Waals surface area (Å²) < 4.78 is 0. The van der Waals surface area contributed by atoms with Crippen molar-refractivity contribution in [3.05, 3.63) is 29.8 Å². The van der Waals surface area contributed by atoms with Crippen LogP contribution in [0, 0.1) is 11.8 Å². The summed E-state index contributed by atoms with van der Waals surface area (Å²) in [7, 11) is 0. The molecular formula is C20H29N3O. The van der Waals surface area contributed by atoms with Gasteiger partial charge >= 0.3 is 0 Å². The molecule has 3 atom stereocenters. The van der Waals surface area contributed by atoms with E-state index in [2.05, 4.69) is 9.80 Å². The van der Waals surface area contributed by atoms with Gasteiger partial charge in [-0.25, -0.2) is 0 Å². The molecule has 2 saturated carbocycles. The number of benzene rings is 1. The van der Waals surface area contributed by atoms with Crippen molar-refractivity contribution in [3.63, 3.8) is 0 Å². The Balaban J connectivity index is 1.25. The van der Waals surface area contributed by atoms with E-state index in [0.717, 1.165) is 61.7 Å². The lowest BCUT2D eigenvalue weighted by molar-refractivity contribution is -0.133. The normalized spacial score (nSPS) is 30.0.